The van der Waals surface area contributed by atoms with Crippen LogP contribution in [0.1, 0.15) is 20.3 Å². The molecule has 0 amide bonds. The molecule has 0 aromatic carbocycles. The molecule has 2 heteroatoms. The Morgan fingerprint density at radius 2 is 2.23 bits per heavy atom. The number of esters is 1. The molecule has 0 N–H and O–H groups in total. The van der Waals surface area contributed by atoms with Crippen molar-refractivity contribution >= 4 is 5.97 Å². The van der Waals surface area contributed by atoms with Crippen LogP contribution >= 0.6 is 0 Å². The molecule has 0 saturated carbocycles. The molecule has 1 atom stereocenters. The molecule has 2 nitrogen and oxygen atoms in total. The summed E-state index contributed by atoms with van der Waals surface area (Å²) >= 11 is 0. The zero-order chi connectivity index (χ0) is 10.3. The maximum Gasteiger partial charge on any atom is 0.333 e. The Kier molecular flexibility index (Phi) is 5.60. The van der Waals surface area contributed by atoms with E-state index in [-0.39, 0.29) is 12.1 Å². The van der Waals surface area contributed by atoms with Crippen molar-refractivity contribution in [2.24, 2.45) is 0 Å². The highest BCUT2D eigenvalue weighted by molar-refractivity contribution is 5.87. The molecule has 13 heavy (non-hydrogen) atoms. The lowest BCUT2D eigenvalue weighted by molar-refractivity contribution is -0.141. The first-order valence-electron chi connectivity index (χ1n) is 4.22. The van der Waals surface area contributed by atoms with Gasteiger partial charge in [-0.2, -0.15) is 0 Å². The second-order valence-corrected chi connectivity index (χ2v) is 2.77. The molecule has 0 radical (unpaired) electrons. The minimum Gasteiger partial charge on any atom is -0.454 e. The molecule has 0 saturated heterocycles. The molecule has 0 bridgehead atoms. The van der Waals surface area contributed by atoms with Gasteiger partial charge < -0.3 is 4.74 Å². The van der Waals surface area contributed by atoms with E-state index in [9.17, 15) is 4.79 Å². The Balaban J connectivity index is 4.16. The monoisotopic (exact) mass is 180 g/mol. The molecule has 0 aliphatic heterocycles. The molecule has 0 aliphatic carbocycles. The molecule has 0 rings (SSSR count). The number of ether oxygens (including phenoxy) is 1. The van der Waals surface area contributed by atoms with Gasteiger partial charge in [0.15, 0.2) is 0 Å². The normalized spacial score (nSPS) is 12.5. The van der Waals surface area contributed by atoms with Gasteiger partial charge in [0.1, 0.15) is 6.10 Å². The van der Waals surface area contributed by atoms with E-state index in [4.69, 9.17) is 4.74 Å². The Hall–Kier alpha value is -1.31. The van der Waals surface area contributed by atoms with Crippen LogP contribution < -0.4 is 0 Å². The largest absolute Gasteiger partial charge is 0.454 e. The predicted molar refractivity (Wildman–Crippen MR) is 54.3 cm³/mol. The fourth-order valence-electron chi connectivity index (χ4n) is 0.783. The van der Waals surface area contributed by atoms with Gasteiger partial charge in [-0.15, -0.1) is 6.58 Å². The standard InChI is InChI=1S/C11H16O2/c1-5-7-10(8-6-2)13-11(12)9(3)4/h5-6,8,10H,1,3,7H2,2,4H3/b8-6+. The average molecular weight is 180 g/mol. The fraction of sp³-hybridized carbons (Fsp3) is 0.364. The molecule has 0 fully saturated rings. The van der Waals surface area contributed by atoms with Crippen LogP contribution in [0, 0.1) is 0 Å². The summed E-state index contributed by atoms with van der Waals surface area (Å²) in [5.41, 5.74) is 0.415. The summed E-state index contributed by atoms with van der Waals surface area (Å²) in [4.78, 5) is 11.1. The van der Waals surface area contributed by atoms with E-state index >= 15 is 0 Å². The molecule has 1 unspecified atom stereocenters. The third-order valence-corrected chi connectivity index (χ3v) is 1.41. The van der Waals surface area contributed by atoms with E-state index in [2.05, 4.69) is 13.2 Å². The van der Waals surface area contributed by atoms with Crippen molar-refractivity contribution in [3.05, 3.63) is 37.0 Å². The molecule has 0 aliphatic rings. The summed E-state index contributed by atoms with van der Waals surface area (Å²) in [6.07, 6.45) is 5.80. The van der Waals surface area contributed by atoms with Crippen molar-refractivity contribution in [3.63, 3.8) is 0 Å². The van der Waals surface area contributed by atoms with Crippen LogP contribution in [0.25, 0.3) is 0 Å². The second kappa shape index (κ2) is 6.23. The average Bonchev–Trinajstić information content (AvgIpc) is 2.05. The highest BCUT2D eigenvalue weighted by Crippen LogP contribution is 2.05. The molecular formula is C11H16O2. The first-order chi connectivity index (χ1) is 6.11. The van der Waals surface area contributed by atoms with Gasteiger partial charge in [0, 0.05) is 12.0 Å². The molecule has 0 heterocycles. The molecule has 0 aromatic rings. The Morgan fingerprint density at radius 1 is 1.62 bits per heavy atom. The van der Waals surface area contributed by atoms with Crippen molar-refractivity contribution in [3.8, 4) is 0 Å². The molecule has 0 spiro atoms. The number of hydrogen-bond acceptors (Lipinski definition) is 2. The second-order valence-electron chi connectivity index (χ2n) is 2.77. The van der Waals surface area contributed by atoms with Crippen LogP contribution in [0.3, 0.4) is 0 Å². The molecular weight excluding hydrogens is 164 g/mol. The van der Waals surface area contributed by atoms with Gasteiger partial charge in [0.05, 0.1) is 0 Å². The van der Waals surface area contributed by atoms with E-state index in [1.54, 1.807) is 13.0 Å². The third kappa shape index (κ3) is 5.01. The van der Waals surface area contributed by atoms with Crippen LogP contribution in [0.5, 0.6) is 0 Å². The molecule has 72 valence electrons. The number of carbonyl (C=O) groups excluding carboxylic acids is 1. The van der Waals surface area contributed by atoms with Gasteiger partial charge in [-0.25, -0.2) is 4.79 Å². The summed E-state index contributed by atoms with van der Waals surface area (Å²) in [5.74, 6) is -0.357. The van der Waals surface area contributed by atoms with Crippen LogP contribution in [-0.4, -0.2) is 12.1 Å². The highest BCUT2D eigenvalue weighted by atomic mass is 16.5. The lowest BCUT2D eigenvalue weighted by Crippen LogP contribution is -2.15. The number of rotatable bonds is 5. The minimum atomic E-state index is -0.357. The highest BCUT2D eigenvalue weighted by Gasteiger charge is 2.09. The Labute approximate surface area is 79.6 Å². The van der Waals surface area contributed by atoms with Crippen molar-refractivity contribution in [2.75, 3.05) is 0 Å². The van der Waals surface area contributed by atoms with Crippen LogP contribution in [-0.2, 0) is 9.53 Å². The lowest BCUT2D eigenvalue weighted by atomic mass is 10.2. The Bertz CT molecular complexity index is 226. The van der Waals surface area contributed by atoms with Crippen LogP contribution in [0.15, 0.2) is 37.0 Å². The zero-order valence-electron chi connectivity index (χ0n) is 8.25. The van der Waals surface area contributed by atoms with E-state index in [0.29, 0.717) is 12.0 Å². The van der Waals surface area contributed by atoms with Crippen LogP contribution in [0.4, 0.5) is 0 Å². The predicted octanol–water partition coefficient (Wildman–Crippen LogP) is 2.63. The number of allylic oxidation sites excluding steroid dienone is 1. The first-order valence-corrected chi connectivity index (χ1v) is 4.22. The van der Waals surface area contributed by atoms with Crippen molar-refractivity contribution in [2.45, 2.75) is 26.4 Å². The van der Waals surface area contributed by atoms with E-state index in [1.807, 2.05) is 19.1 Å². The number of carbonyl (C=O) groups is 1. The van der Waals surface area contributed by atoms with E-state index in [0.717, 1.165) is 0 Å². The fourth-order valence-corrected chi connectivity index (χ4v) is 0.783. The SMILES string of the molecule is C=CCC(/C=C/C)OC(=O)C(=C)C. The summed E-state index contributed by atoms with van der Waals surface area (Å²) < 4.78 is 5.10. The summed E-state index contributed by atoms with van der Waals surface area (Å²) in [5, 5.41) is 0. The summed E-state index contributed by atoms with van der Waals surface area (Å²) in [6, 6.07) is 0. The van der Waals surface area contributed by atoms with Gasteiger partial charge >= 0.3 is 5.97 Å². The van der Waals surface area contributed by atoms with Gasteiger partial charge in [0.25, 0.3) is 0 Å². The topological polar surface area (TPSA) is 26.3 Å². The van der Waals surface area contributed by atoms with Gasteiger partial charge in [-0.1, -0.05) is 18.7 Å². The van der Waals surface area contributed by atoms with Gasteiger partial charge in [-0.05, 0) is 19.9 Å². The van der Waals surface area contributed by atoms with Crippen LogP contribution in [0.2, 0.25) is 0 Å². The minimum absolute atomic E-state index is 0.216. The maximum atomic E-state index is 11.1. The zero-order valence-corrected chi connectivity index (χ0v) is 8.25. The summed E-state index contributed by atoms with van der Waals surface area (Å²) in [6.45, 7) is 10.6. The van der Waals surface area contributed by atoms with Gasteiger partial charge in [-0.3, -0.25) is 0 Å². The quantitative estimate of drug-likeness (QED) is 0.369. The van der Waals surface area contributed by atoms with Crippen molar-refractivity contribution < 1.29 is 9.53 Å². The lowest BCUT2D eigenvalue weighted by Gasteiger charge is -2.11. The smallest absolute Gasteiger partial charge is 0.333 e. The van der Waals surface area contributed by atoms with Crippen molar-refractivity contribution in [1.82, 2.24) is 0 Å². The first kappa shape index (κ1) is 11.7. The maximum absolute atomic E-state index is 11.1. The van der Waals surface area contributed by atoms with E-state index < -0.39 is 0 Å². The number of hydrogen-bond donors (Lipinski definition) is 0. The van der Waals surface area contributed by atoms with E-state index in [1.165, 1.54) is 0 Å². The Morgan fingerprint density at radius 3 is 2.62 bits per heavy atom. The van der Waals surface area contributed by atoms with Crippen molar-refractivity contribution in [1.29, 1.82) is 0 Å². The van der Waals surface area contributed by atoms with Gasteiger partial charge in [0.2, 0.25) is 0 Å². The third-order valence-electron chi connectivity index (χ3n) is 1.41. The molecule has 0 aromatic heterocycles. The summed E-state index contributed by atoms with van der Waals surface area (Å²) in [7, 11) is 0.